The molecule has 174 valence electrons. The predicted octanol–water partition coefficient (Wildman–Crippen LogP) is 2.15. The van der Waals surface area contributed by atoms with Crippen LogP contribution in [0.3, 0.4) is 0 Å². The van der Waals surface area contributed by atoms with Crippen LogP contribution in [0.4, 0.5) is 16.2 Å². The maximum absolute atomic E-state index is 13.2. The summed E-state index contributed by atoms with van der Waals surface area (Å²) in [5.74, 6) is -0.779. The lowest BCUT2D eigenvalue weighted by Gasteiger charge is -2.35. The number of benzene rings is 2. The third-order valence-corrected chi connectivity index (χ3v) is 6.96. The minimum absolute atomic E-state index is 0.0263. The van der Waals surface area contributed by atoms with Gasteiger partial charge in [0.15, 0.2) is 9.84 Å². The number of anilines is 2. The van der Waals surface area contributed by atoms with Crippen molar-refractivity contribution < 1.29 is 27.5 Å². The number of ether oxygens (including phenoxy) is 1. The Labute approximate surface area is 192 Å². The van der Waals surface area contributed by atoms with E-state index in [1.807, 2.05) is 32.0 Å². The number of sulfone groups is 1. The number of carbonyl (C=O) groups excluding carboxylic acids is 3. The Balaban J connectivity index is 1.59. The smallest absolute Gasteiger partial charge is 0.414 e. The van der Waals surface area contributed by atoms with Gasteiger partial charge in [0.1, 0.15) is 13.2 Å². The molecular weight excluding hydrogens is 446 g/mol. The number of cyclic esters (lactones) is 1. The fourth-order valence-corrected chi connectivity index (χ4v) is 5.06. The van der Waals surface area contributed by atoms with E-state index in [0.29, 0.717) is 18.8 Å². The number of amides is 3. The Morgan fingerprint density at radius 2 is 1.73 bits per heavy atom. The molecule has 0 radical (unpaired) electrons. The molecule has 0 bridgehead atoms. The van der Waals surface area contributed by atoms with E-state index in [1.54, 1.807) is 4.90 Å². The summed E-state index contributed by atoms with van der Waals surface area (Å²) in [6.07, 6.45) is 0.440. The molecule has 0 spiro atoms. The molecule has 2 aromatic rings. The van der Waals surface area contributed by atoms with Gasteiger partial charge >= 0.3 is 6.09 Å². The summed E-state index contributed by atoms with van der Waals surface area (Å²) >= 11 is 0. The quantitative estimate of drug-likeness (QED) is 0.677. The highest BCUT2D eigenvalue weighted by atomic mass is 32.2. The molecule has 2 fully saturated rings. The average molecular weight is 472 g/mol. The molecule has 0 aliphatic carbocycles. The predicted molar refractivity (Wildman–Crippen MR) is 122 cm³/mol. The van der Waals surface area contributed by atoms with Gasteiger partial charge in [-0.15, -0.1) is 0 Å². The van der Waals surface area contributed by atoms with Gasteiger partial charge in [-0.3, -0.25) is 14.5 Å². The monoisotopic (exact) mass is 471 g/mol. The highest BCUT2D eigenvalue weighted by Gasteiger charge is 2.32. The van der Waals surface area contributed by atoms with Crippen LogP contribution in [0.5, 0.6) is 0 Å². The molecule has 0 aromatic heterocycles. The summed E-state index contributed by atoms with van der Waals surface area (Å²) in [5, 5.41) is 0. The summed E-state index contributed by atoms with van der Waals surface area (Å²) in [5.41, 5.74) is 3.18. The maximum Gasteiger partial charge on any atom is 0.414 e. The standard InChI is InChI=1S/C23H25N3O6S/c1-15-4-7-19(16(2)12-15)26-9-8-24(14-21(26)27)22(28)18-6-5-17(13-20(18)33(3,30)31)25-10-11-32-23(25)29/h4-7,12-13H,8-11,14H2,1-3H3. The SMILES string of the molecule is Cc1ccc(N2CCN(C(=O)c3ccc(N4CCOC4=O)cc3S(C)(=O)=O)CC2=O)c(C)c1. The van der Waals surface area contributed by atoms with Gasteiger partial charge in [0.2, 0.25) is 5.91 Å². The summed E-state index contributed by atoms with van der Waals surface area (Å²) in [4.78, 5) is 42.1. The van der Waals surface area contributed by atoms with Gasteiger partial charge in [0, 0.05) is 30.7 Å². The number of carbonyl (C=O) groups is 3. The molecule has 2 saturated heterocycles. The molecule has 2 aliphatic heterocycles. The molecule has 0 atom stereocenters. The fourth-order valence-electron chi connectivity index (χ4n) is 4.17. The molecule has 0 unspecified atom stereocenters. The summed E-state index contributed by atoms with van der Waals surface area (Å²) in [6, 6.07) is 10.0. The molecule has 2 aromatic carbocycles. The van der Waals surface area contributed by atoms with Crippen LogP contribution >= 0.6 is 0 Å². The van der Waals surface area contributed by atoms with Crippen molar-refractivity contribution in [1.29, 1.82) is 0 Å². The van der Waals surface area contributed by atoms with Crippen LogP contribution in [-0.4, -0.2) is 70.3 Å². The van der Waals surface area contributed by atoms with E-state index >= 15 is 0 Å². The first-order valence-corrected chi connectivity index (χ1v) is 12.4. The molecule has 3 amide bonds. The third-order valence-electron chi connectivity index (χ3n) is 5.82. The van der Waals surface area contributed by atoms with Crippen molar-refractivity contribution in [3.63, 3.8) is 0 Å². The second-order valence-corrected chi connectivity index (χ2v) is 10.3. The Morgan fingerprint density at radius 3 is 2.33 bits per heavy atom. The van der Waals surface area contributed by atoms with Crippen molar-refractivity contribution in [2.75, 3.05) is 48.8 Å². The van der Waals surface area contributed by atoms with Gasteiger partial charge in [-0.1, -0.05) is 17.7 Å². The molecule has 9 nitrogen and oxygen atoms in total. The lowest BCUT2D eigenvalue weighted by Crippen LogP contribution is -2.52. The maximum atomic E-state index is 13.2. The van der Waals surface area contributed by atoms with Gasteiger partial charge in [0.05, 0.1) is 17.0 Å². The molecule has 2 aliphatic rings. The van der Waals surface area contributed by atoms with Crippen molar-refractivity contribution >= 4 is 39.1 Å². The van der Waals surface area contributed by atoms with Crippen LogP contribution < -0.4 is 9.80 Å². The Hall–Kier alpha value is -3.40. The second kappa shape index (κ2) is 8.51. The lowest BCUT2D eigenvalue weighted by molar-refractivity contribution is -0.120. The Bertz CT molecular complexity index is 1260. The number of nitrogens with zero attached hydrogens (tertiary/aromatic N) is 3. The van der Waals surface area contributed by atoms with E-state index in [2.05, 4.69) is 0 Å². The minimum atomic E-state index is -3.79. The number of aryl methyl sites for hydroxylation is 2. The molecule has 4 rings (SSSR count). The summed E-state index contributed by atoms with van der Waals surface area (Å²) < 4.78 is 29.9. The van der Waals surface area contributed by atoms with Crippen LogP contribution in [0.15, 0.2) is 41.3 Å². The molecule has 33 heavy (non-hydrogen) atoms. The van der Waals surface area contributed by atoms with Crippen molar-refractivity contribution in [2.24, 2.45) is 0 Å². The van der Waals surface area contributed by atoms with Crippen molar-refractivity contribution in [3.05, 3.63) is 53.1 Å². The molecule has 0 saturated carbocycles. The van der Waals surface area contributed by atoms with E-state index in [1.165, 1.54) is 28.0 Å². The Morgan fingerprint density at radius 1 is 0.970 bits per heavy atom. The molecule has 0 N–H and O–H groups in total. The first kappa shape index (κ1) is 22.8. The fraction of sp³-hybridized carbons (Fsp3) is 0.348. The van der Waals surface area contributed by atoms with Crippen LogP contribution in [0.1, 0.15) is 21.5 Å². The average Bonchev–Trinajstić information content (AvgIpc) is 3.18. The number of hydrogen-bond acceptors (Lipinski definition) is 6. The van der Waals surface area contributed by atoms with E-state index in [-0.39, 0.29) is 36.1 Å². The van der Waals surface area contributed by atoms with Crippen molar-refractivity contribution in [1.82, 2.24) is 4.90 Å². The number of rotatable bonds is 4. The van der Waals surface area contributed by atoms with Crippen LogP contribution in [-0.2, 0) is 19.4 Å². The zero-order chi connectivity index (χ0) is 23.9. The van der Waals surface area contributed by atoms with Crippen LogP contribution in [0.25, 0.3) is 0 Å². The largest absolute Gasteiger partial charge is 0.447 e. The first-order chi connectivity index (χ1) is 15.6. The van der Waals surface area contributed by atoms with Gasteiger partial charge in [0.25, 0.3) is 5.91 Å². The lowest BCUT2D eigenvalue weighted by atomic mass is 10.1. The summed E-state index contributed by atoms with van der Waals surface area (Å²) in [6.45, 7) is 4.83. The summed E-state index contributed by atoms with van der Waals surface area (Å²) in [7, 11) is -3.79. The van der Waals surface area contributed by atoms with Gasteiger partial charge < -0.3 is 14.5 Å². The van der Waals surface area contributed by atoms with Gasteiger partial charge in [-0.2, -0.15) is 0 Å². The Kier molecular flexibility index (Phi) is 5.87. The zero-order valence-electron chi connectivity index (χ0n) is 18.7. The topological polar surface area (TPSA) is 104 Å². The second-order valence-electron chi connectivity index (χ2n) is 8.28. The van der Waals surface area contributed by atoms with E-state index in [4.69, 9.17) is 4.74 Å². The molecular formula is C23H25N3O6S. The molecule has 10 heteroatoms. The van der Waals surface area contributed by atoms with Gasteiger partial charge in [-0.05, 0) is 43.7 Å². The van der Waals surface area contributed by atoms with Gasteiger partial charge in [-0.25, -0.2) is 13.2 Å². The number of piperazine rings is 1. The van der Waals surface area contributed by atoms with Crippen molar-refractivity contribution in [2.45, 2.75) is 18.7 Å². The third kappa shape index (κ3) is 4.43. The normalized spacial score (nSPS) is 16.9. The van der Waals surface area contributed by atoms with Crippen LogP contribution in [0, 0.1) is 13.8 Å². The van der Waals surface area contributed by atoms with Crippen LogP contribution in [0.2, 0.25) is 0 Å². The van der Waals surface area contributed by atoms with E-state index in [9.17, 15) is 22.8 Å². The van der Waals surface area contributed by atoms with Crippen molar-refractivity contribution in [3.8, 4) is 0 Å². The number of hydrogen-bond donors (Lipinski definition) is 0. The zero-order valence-corrected chi connectivity index (χ0v) is 19.5. The molecule has 2 heterocycles. The highest BCUT2D eigenvalue weighted by Crippen LogP contribution is 2.28. The highest BCUT2D eigenvalue weighted by molar-refractivity contribution is 7.90. The van der Waals surface area contributed by atoms with E-state index < -0.39 is 21.8 Å². The first-order valence-electron chi connectivity index (χ1n) is 10.5. The van der Waals surface area contributed by atoms with E-state index in [0.717, 1.165) is 23.1 Å². The minimum Gasteiger partial charge on any atom is -0.447 e.